The molecule has 0 bridgehead atoms. The molecule has 100 valence electrons. The smallest absolute Gasteiger partial charge is 0.136 e. The SMILES string of the molecule is Cc1ncc(CNC2CC2)c(N(C)CC(C)C)n1. The summed E-state index contributed by atoms with van der Waals surface area (Å²) >= 11 is 0. The van der Waals surface area contributed by atoms with Crippen molar-refractivity contribution in [3.63, 3.8) is 0 Å². The van der Waals surface area contributed by atoms with E-state index in [2.05, 4.69) is 41.1 Å². The minimum absolute atomic E-state index is 0.634. The number of anilines is 1. The van der Waals surface area contributed by atoms with Crippen molar-refractivity contribution < 1.29 is 0 Å². The van der Waals surface area contributed by atoms with E-state index in [0.717, 1.165) is 30.8 Å². The molecule has 0 aliphatic heterocycles. The van der Waals surface area contributed by atoms with Crippen molar-refractivity contribution >= 4 is 5.82 Å². The van der Waals surface area contributed by atoms with Crippen molar-refractivity contribution in [3.05, 3.63) is 17.6 Å². The number of nitrogens with zero attached hydrogens (tertiary/aromatic N) is 3. The molecule has 1 saturated carbocycles. The van der Waals surface area contributed by atoms with E-state index in [1.165, 1.54) is 18.4 Å². The largest absolute Gasteiger partial charge is 0.359 e. The first-order chi connectivity index (χ1) is 8.56. The van der Waals surface area contributed by atoms with Gasteiger partial charge in [0.15, 0.2) is 0 Å². The Bertz CT molecular complexity index is 399. The van der Waals surface area contributed by atoms with E-state index in [-0.39, 0.29) is 0 Å². The van der Waals surface area contributed by atoms with Crippen LogP contribution in [0.5, 0.6) is 0 Å². The van der Waals surface area contributed by atoms with Gasteiger partial charge >= 0.3 is 0 Å². The maximum atomic E-state index is 4.60. The molecular weight excluding hydrogens is 224 g/mol. The highest BCUT2D eigenvalue weighted by Gasteiger charge is 2.21. The van der Waals surface area contributed by atoms with Gasteiger partial charge in [0.05, 0.1) is 0 Å². The van der Waals surface area contributed by atoms with Crippen molar-refractivity contribution in [2.45, 2.75) is 46.2 Å². The van der Waals surface area contributed by atoms with Crippen LogP contribution in [-0.4, -0.2) is 29.6 Å². The second kappa shape index (κ2) is 5.65. The minimum Gasteiger partial charge on any atom is -0.359 e. The molecule has 4 nitrogen and oxygen atoms in total. The molecule has 1 N–H and O–H groups in total. The maximum absolute atomic E-state index is 4.60. The van der Waals surface area contributed by atoms with E-state index in [1.807, 2.05) is 13.1 Å². The summed E-state index contributed by atoms with van der Waals surface area (Å²) in [6, 6.07) is 0.717. The van der Waals surface area contributed by atoms with Crippen LogP contribution in [0.15, 0.2) is 6.20 Å². The van der Waals surface area contributed by atoms with Crippen molar-refractivity contribution in [1.29, 1.82) is 0 Å². The molecule has 1 heterocycles. The Balaban J connectivity index is 2.10. The lowest BCUT2D eigenvalue weighted by Gasteiger charge is -2.23. The third kappa shape index (κ3) is 3.67. The maximum Gasteiger partial charge on any atom is 0.136 e. The lowest BCUT2D eigenvalue weighted by molar-refractivity contribution is 0.625. The Hall–Kier alpha value is -1.16. The molecule has 1 aliphatic carbocycles. The van der Waals surface area contributed by atoms with Gasteiger partial charge in [0.2, 0.25) is 0 Å². The van der Waals surface area contributed by atoms with Gasteiger partial charge in [0.25, 0.3) is 0 Å². The van der Waals surface area contributed by atoms with E-state index in [9.17, 15) is 0 Å². The number of nitrogens with one attached hydrogen (secondary N) is 1. The number of rotatable bonds is 6. The van der Waals surface area contributed by atoms with Gasteiger partial charge in [-0.2, -0.15) is 0 Å². The van der Waals surface area contributed by atoms with Crippen molar-refractivity contribution in [2.75, 3.05) is 18.5 Å². The molecular formula is C14H24N4. The average Bonchev–Trinajstić information content (AvgIpc) is 3.10. The molecule has 0 spiro atoms. The van der Waals surface area contributed by atoms with E-state index in [4.69, 9.17) is 0 Å². The summed E-state index contributed by atoms with van der Waals surface area (Å²) in [6.07, 6.45) is 4.58. The quantitative estimate of drug-likeness (QED) is 0.837. The monoisotopic (exact) mass is 248 g/mol. The molecule has 1 aromatic rings. The van der Waals surface area contributed by atoms with Gasteiger partial charge in [0, 0.05) is 37.9 Å². The minimum atomic E-state index is 0.634. The van der Waals surface area contributed by atoms with Crippen LogP contribution >= 0.6 is 0 Å². The van der Waals surface area contributed by atoms with Gasteiger partial charge in [-0.3, -0.25) is 0 Å². The zero-order valence-corrected chi connectivity index (χ0v) is 11.9. The van der Waals surface area contributed by atoms with E-state index in [1.54, 1.807) is 0 Å². The van der Waals surface area contributed by atoms with Gasteiger partial charge < -0.3 is 10.2 Å². The molecule has 0 aromatic carbocycles. The topological polar surface area (TPSA) is 41.1 Å². The predicted molar refractivity (Wildman–Crippen MR) is 74.7 cm³/mol. The molecule has 0 radical (unpaired) electrons. The lowest BCUT2D eigenvalue weighted by Crippen LogP contribution is -2.27. The molecule has 0 atom stereocenters. The summed E-state index contributed by atoms with van der Waals surface area (Å²) in [6.45, 7) is 8.31. The average molecular weight is 248 g/mol. The van der Waals surface area contributed by atoms with Gasteiger partial charge in [-0.25, -0.2) is 9.97 Å². The molecule has 18 heavy (non-hydrogen) atoms. The van der Waals surface area contributed by atoms with Gasteiger partial charge in [0.1, 0.15) is 11.6 Å². The molecule has 0 amide bonds. The van der Waals surface area contributed by atoms with E-state index >= 15 is 0 Å². The highest BCUT2D eigenvalue weighted by atomic mass is 15.2. The summed E-state index contributed by atoms with van der Waals surface area (Å²) in [5.41, 5.74) is 1.20. The normalized spacial score (nSPS) is 15.2. The summed E-state index contributed by atoms with van der Waals surface area (Å²) < 4.78 is 0. The number of aryl methyl sites for hydroxylation is 1. The number of hydrogen-bond acceptors (Lipinski definition) is 4. The summed E-state index contributed by atoms with van der Waals surface area (Å²) in [7, 11) is 2.11. The van der Waals surface area contributed by atoms with Crippen molar-refractivity contribution in [1.82, 2.24) is 15.3 Å². The van der Waals surface area contributed by atoms with Crippen LogP contribution in [-0.2, 0) is 6.54 Å². The molecule has 2 rings (SSSR count). The third-order valence-electron chi connectivity index (χ3n) is 3.12. The Morgan fingerprint density at radius 1 is 1.44 bits per heavy atom. The highest BCUT2D eigenvalue weighted by molar-refractivity contribution is 5.45. The first-order valence-corrected chi connectivity index (χ1v) is 6.83. The standard InChI is InChI=1S/C14H24N4/c1-10(2)9-18(4)14-12(7-15-11(3)17-14)8-16-13-5-6-13/h7,10,13,16H,5-6,8-9H2,1-4H3. The Morgan fingerprint density at radius 2 is 2.17 bits per heavy atom. The van der Waals surface area contributed by atoms with Crippen LogP contribution in [0, 0.1) is 12.8 Å². The van der Waals surface area contributed by atoms with Crippen LogP contribution < -0.4 is 10.2 Å². The molecule has 4 heteroatoms. The van der Waals surface area contributed by atoms with Crippen LogP contribution in [0.3, 0.4) is 0 Å². The van der Waals surface area contributed by atoms with Crippen molar-refractivity contribution in [2.24, 2.45) is 5.92 Å². The highest BCUT2D eigenvalue weighted by Crippen LogP contribution is 2.22. The van der Waals surface area contributed by atoms with E-state index < -0.39 is 0 Å². The fraction of sp³-hybridized carbons (Fsp3) is 0.714. The number of aromatic nitrogens is 2. The predicted octanol–water partition coefficient (Wildman–Crippen LogP) is 2.13. The summed E-state index contributed by atoms with van der Waals surface area (Å²) in [4.78, 5) is 11.2. The molecule has 1 fully saturated rings. The van der Waals surface area contributed by atoms with Crippen LogP contribution in [0.25, 0.3) is 0 Å². The Labute approximate surface area is 110 Å². The molecule has 0 saturated heterocycles. The second-order valence-electron chi connectivity index (χ2n) is 5.70. The second-order valence-corrected chi connectivity index (χ2v) is 5.70. The van der Waals surface area contributed by atoms with Gasteiger partial charge in [-0.15, -0.1) is 0 Å². The van der Waals surface area contributed by atoms with Crippen molar-refractivity contribution in [3.8, 4) is 0 Å². The molecule has 1 aromatic heterocycles. The Morgan fingerprint density at radius 3 is 2.78 bits per heavy atom. The fourth-order valence-corrected chi connectivity index (χ4v) is 2.11. The first kappa shape index (κ1) is 13.3. The Kier molecular flexibility index (Phi) is 4.17. The van der Waals surface area contributed by atoms with E-state index in [0.29, 0.717) is 5.92 Å². The zero-order chi connectivity index (χ0) is 13.1. The first-order valence-electron chi connectivity index (χ1n) is 6.83. The van der Waals surface area contributed by atoms with Crippen LogP contribution in [0.4, 0.5) is 5.82 Å². The van der Waals surface area contributed by atoms with Crippen LogP contribution in [0.1, 0.15) is 38.1 Å². The van der Waals surface area contributed by atoms with Gasteiger partial charge in [-0.05, 0) is 25.7 Å². The fourth-order valence-electron chi connectivity index (χ4n) is 2.11. The van der Waals surface area contributed by atoms with Crippen LogP contribution in [0.2, 0.25) is 0 Å². The summed E-state index contributed by atoms with van der Waals surface area (Å²) in [5.74, 6) is 2.55. The van der Waals surface area contributed by atoms with Gasteiger partial charge in [-0.1, -0.05) is 13.8 Å². The molecule has 0 unspecified atom stereocenters. The number of hydrogen-bond donors (Lipinski definition) is 1. The summed E-state index contributed by atoms with van der Waals surface area (Å²) in [5, 5.41) is 3.53. The third-order valence-corrected chi connectivity index (χ3v) is 3.12. The zero-order valence-electron chi connectivity index (χ0n) is 11.9. The lowest BCUT2D eigenvalue weighted by atomic mass is 10.2. The molecule has 1 aliphatic rings.